The van der Waals surface area contributed by atoms with Crippen molar-refractivity contribution in [3.63, 3.8) is 0 Å². The summed E-state index contributed by atoms with van der Waals surface area (Å²) in [5.41, 5.74) is 0. The van der Waals surface area contributed by atoms with Crippen LogP contribution in [-0.2, 0) is 14.8 Å². The van der Waals surface area contributed by atoms with Crippen LogP contribution in [0.5, 0.6) is 0 Å². The zero-order valence-electron chi connectivity index (χ0n) is 10.5. The van der Waals surface area contributed by atoms with Crippen LogP contribution in [0, 0.1) is 11.7 Å². The maximum atomic E-state index is 12.7. The summed E-state index contributed by atoms with van der Waals surface area (Å²) < 4.78 is 43.8. The molecule has 0 heterocycles. The molecule has 1 rings (SSSR count). The molecule has 0 aliphatic rings. The van der Waals surface area contributed by atoms with Gasteiger partial charge in [-0.15, -0.1) is 0 Å². The van der Waals surface area contributed by atoms with Crippen molar-refractivity contribution in [3.8, 4) is 0 Å². The van der Waals surface area contributed by atoms with Gasteiger partial charge in [0.15, 0.2) is 0 Å². The van der Waals surface area contributed by atoms with Gasteiger partial charge in [0.2, 0.25) is 10.0 Å². The zero-order valence-corrected chi connectivity index (χ0v) is 11.3. The van der Waals surface area contributed by atoms with E-state index in [-0.39, 0.29) is 11.4 Å². The van der Waals surface area contributed by atoms with Crippen molar-refractivity contribution in [2.24, 2.45) is 5.92 Å². The molecule has 0 radical (unpaired) electrons. The molecule has 4 nitrogen and oxygen atoms in total. The minimum absolute atomic E-state index is 0.0489. The van der Waals surface area contributed by atoms with Crippen LogP contribution in [0.2, 0.25) is 0 Å². The van der Waals surface area contributed by atoms with Gasteiger partial charge in [0, 0.05) is 13.2 Å². The van der Waals surface area contributed by atoms with E-state index in [1.54, 1.807) is 0 Å². The number of nitrogens with one attached hydrogen (secondary N) is 1. The van der Waals surface area contributed by atoms with Gasteiger partial charge in [0.25, 0.3) is 0 Å². The van der Waals surface area contributed by atoms with E-state index in [9.17, 15) is 12.8 Å². The maximum Gasteiger partial charge on any atom is 0.240 e. The van der Waals surface area contributed by atoms with Crippen molar-refractivity contribution in [1.29, 1.82) is 0 Å². The first-order valence-corrected chi connectivity index (χ1v) is 7.23. The number of benzene rings is 1. The van der Waals surface area contributed by atoms with Crippen molar-refractivity contribution < 1.29 is 17.5 Å². The van der Waals surface area contributed by atoms with Crippen LogP contribution in [-0.4, -0.2) is 28.2 Å². The molecule has 1 N–H and O–H groups in total. The molecule has 0 saturated carbocycles. The largest absolute Gasteiger partial charge is 0.380 e. The van der Waals surface area contributed by atoms with Crippen LogP contribution >= 0.6 is 0 Å². The Hall–Kier alpha value is -0.980. The van der Waals surface area contributed by atoms with E-state index in [0.29, 0.717) is 19.1 Å². The highest BCUT2D eigenvalue weighted by atomic mass is 32.2. The average molecular weight is 275 g/mol. The number of hydrogen-bond donors (Lipinski definition) is 1. The molecule has 1 aromatic carbocycles. The van der Waals surface area contributed by atoms with E-state index in [2.05, 4.69) is 4.72 Å². The maximum absolute atomic E-state index is 12.7. The minimum Gasteiger partial charge on any atom is -0.380 e. The van der Waals surface area contributed by atoms with Crippen LogP contribution in [0.4, 0.5) is 4.39 Å². The SMILES string of the molecule is CC(C)COCCNS(=O)(=O)c1ccc(F)cc1. The first-order chi connectivity index (χ1) is 8.42. The Balaban J connectivity index is 2.43. The van der Waals surface area contributed by atoms with Gasteiger partial charge in [-0.1, -0.05) is 13.8 Å². The summed E-state index contributed by atoms with van der Waals surface area (Å²) in [6.07, 6.45) is 0. The summed E-state index contributed by atoms with van der Waals surface area (Å²) >= 11 is 0. The topological polar surface area (TPSA) is 55.4 Å². The van der Waals surface area contributed by atoms with Crippen LogP contribution in [0.15, 0.2) is 29.2 Å². The first-order valence-electron chi connectivity index (χ1n) is 5.75. The second-order valence-electron chi connectivity index (χ2n) is 4.32. The van der Waals surface area contributed by atoms with Crippen molar-refractivity contribution in [2.45, 2.75) is 18.7 Å². The highest BCUT2D eigenvalue weighted by Gasteiger charge is 2.12. The lowest BCUT2D eigenvalue weighted by Gasteiger charge is -2.08. The van der Waals surface area contributed by atoms with E-state index in [4.69, 9.17) is 4.74 Å². The van der Waals surface area contributed by atoms with E-state index < -0.39 is 15.8 Å². The second kappa shape index (κ2) is 6.82. The standard InChI is InChI=1S/C12H18FNO3S/c1-10(2)9-17-8-7-14-18(15,16)12-5-3-11(13)4-6-12/h3-6,10,14H,7-9H2,1-2H3. The smallest absolute Gasteiger partial charge is 0.240 e. The van der Waals surface area contributed by atoms with Crippen molar-refractivity contribution >= 4 is 10.0 Å². The third kappa shape index (κ3) is 5.12. The van der Waals surface area contributed by atoms with Gasteiger partial charge >= 0.3 is 0 Å². The fourth-order valence-electron chi connectivity index (χ4n) is 1.26. The van der Waals surface area contributed by atoms with E-state index in [1.165, 1.54) is 12.1 Å². The number of ether oxygens (including phenoxy) is 1. The van der Waals surface area contributed by atoms with Crippen molar-refractivity contribution in [2.75, 3.05) is 19.8 Å². The monoisotopic (exact) mass is 275 g/mol. The molecule has 6 heteroatoms. The van der Waals surface area contributed by atoms with E-state index in [1.807, 2.05) is 13.8 Å². The highest BCUT2D eigenvalue weighted by Crippen LogP contribution is 2.09. The van der Waals surface area contributed by atoms with Gasteiger partial charge in [-0.05, 0) is 30.2 Å². The molecular formula is C12H18FNO3S. The normalized spacial score (nSPS) is 12.0. The van der Waals surface area contributed by atoms with Crippen LogP contribution in [0.25, 0.3) is 0 Å². The van der Waals surface area contributed by atoms with Crippen molar-refractivity contribution in [3.05, 3.63) is 30.1 Å². The van der Waals surface area contributed by atoms with E-state index in [0.717, 1.165) is 12.1 Å². The summed E-state index contributed by atoms with van der Waals surface area (Å²) in [6, 6.07) is 4.69. The summed E-state index contributed by atoms with van der Waals surface area (Å²) in [7, 11) is -3.57. The van der Waals surface area contributed by atoms with Crippen LogP contribution < -0.4 is 4.72 Å². The number of halogens is 1. The van der Waals surface area contributed by atoms with Gasteiger partial charge < -0.3 is 4.74 Å². The summed E-state index contributed by atoms with van der Waals surface area (Å²) in [5.74, 6) is -0.0482. The third-order valence-electron chi connectivity index (χ3n) is 2.11. The van der Waals surface area contributed by atoms with Crippen LogP contribution in [0.1, 0.15) is 13.8 Å². The van der Waals surface area contributed by atoms with Gasteiger partial charge in [-0.3, -0.25) is 0 Å². The Kier molecular flexibility index (Phi) is 5.71. The summed E-state index contributed by atoms with van der Waals surface area (Å²) in [4.78, 5) is 0.0489. The molecule has 0 spiro atoms. The Bertz CT molecular complexity index is 457. The molecule has 0 aliphatic carbocycles. The molecule has 0 saturated heterocycles. The molecule has 0 atom stereocenters. The van der Waals surface area contributed by atoms with Gasteiger partial charge in [0.1, 0.15) is 5.82 Å². The molecule has 18 heavy (non-hydrogen) atoms. The van der Waals surface area contributed by atoms with Gasteiger partial charge in [0.05, 0.1) is 11.5 Å². The molecule has 102 valence electrons. The van der Waals surface area contributed by atoms with Crippen LogP contribution in [0.3, 0.4) is 0 Å². The summed E-state index contributed by atoms with van der Waals surface area (Å²) in [6.45, 7) is 5.15. The Morgan fingerprint density at radius 3 is 2.44 bits per heavy atom. The third-order valence-corrected chi connectivity index (χ3v) is 3.59. The van der Waals surface area contributed by atoms with Crippen molar-refractivity contribution in [1.82, 2.24) is 4.72 Å². The van der Waals surface area contributed by atoms with Gasteiger partial charge in [-0.25, -0.2) is 17.5 Å². The molecule has 0 bridgehead atoms. The second-order valence-corrected chi connectivity index (χ2v) is 6.09. The Morgan fingerprint density at radius 2 is 1.89 bits per heavy atom. The number of sulfonamides is 1. The quantitative estimate of drug-likeness (QED) is 0.772. The number of rotatable bonds is 7. The highest BCUT2D eigenvalue weighted by molar-refractivity contribution is 7.89. The predicted molar refractivity (Wildman–Crippen MR) is 67.2 cm³/mol. The zero-order chi connectivity index (χ0) is 13.6. The molecule has 0 amide bonds. The van der Waals surface area contributed by atoms with Gasteiger partial charge in [-0.2, -0.15) is 0 Å². The molecule has 0 unspecified atom stereocenters. The molecule has 0 aromatic heterocycles. The first kappa shape index (κ1) is 15.1. The molecule has 1 aromatic rings. The Morgan fingerprint density at radius 1 is 1.28 bits per heavy atom. The lowest BCUT2D eigenvalue weighted by Crippen LogP contribution is -2.27. The molecule has 0 aliphatic heterocycles. The lowest BCUT2D eigenvalue weighted by molar-refractivity contribution is 0.114. The lowest BCUT2D eigenvalue weighted by atomic mass is 10.2. The fourth-order valence-corrected chi connectivity index (χ4v) is 2.28. The summed E-state index contributed by atoms with van der Waals surface area (Å²) in [5, 5.41) is 0. The minimum atomic E-state index is -3.57. The number of hydrogen-bond acceptors (Lipinski definition) is 3. The fraction of sp³-hybridized carbons (Fsp3) is 0.500. The van der Waals surface area contributed by atoms with E-state index >= 15 is 0 Å². The Labute approximate surface area is 107 Å². The molecular weight excluding hydrogens is 257 g/mol. The predicted octanol–water partition coefficient (Wildman–Crippen LogP) is 1.78. The average Bonchev–Trinajstić information content (AvgIpc) is 2.28. The molecule has 0 fully saturated rings.